The number of hydrogen-bond donors (Lipinski definition) is 1. The minimum Gasteiger partial charge on any atom is -0.478 e. The number of ether oxygens (including phenoxy) is 1. The van der Waals surface area contributed by atoms with Gasteiger partial charge in [-0.05, 0) is 36.3 Å². The van der Waals surface area contributed by atoms with Gasteiger partial charge in [0.1, 0.15) is 0 Å². The molecule has 1 aromatic carbocycles. The number of nitriles is 1. The maximum atomic E-state index is 10.5. The molecular weight excluding hydrogens is 256 g/mol. The summed E-state index contributed by atoms with van der Waals surface area (Å²) in [7, 11) is 0. The van der Waals surface area contributed by atoms with Crippen LogP contribution in [0, 0.1) is 18.3 Å². The van der Waals surface area contributed by atoms with Crippen LogP contribution in [0.25, 0.3) is 6.08 Å². The second-order valence-corrected chi connectivity index (χ2v) is 4.65. The van der Waals surface area contributed by atoms with E-state index in [1.54, 1.807) is 6.08 Å². The van der Waals surface area contributed by atoms with Crippen molar-refractivity contribution in [2.45, 2.75) is 13.0 Å². The number of anilines is 1. The SMILES string of the molecule is Cc1cc(C=CC(=O)O)ccc1N1CCOC(C#N)C1. The average Bonchev–Trinajstić information content (AvgIpc) is 2.45. The smallest absolute Gasteiger partial charge is 0.328 e. The number of hydrogen-bond acceptors (Lipinski definition) is 4. The summed E-state index contributed by atoms with van der Waals surface area (Å²) in [4.78, 5) is 12.6. The summed E-state index contributed by atoms with van der Waals surface area (Å²) in [6.07, 6.45) is 2.29. The van der Waals surface area contributed by atoms with Crippen molar-refractivity contribution in [3.63, 3.8) is 0 Å². The van der Waals surface area contributed by atoms with Crippen LogP contribution in [0.15, 0.2) is 24.3 Å². The van der Waals surface area contributed by atoms with Crippen LogP contribution >= 0.6 is 0 Å². The quantitative estimate of drug-likeness (QED) is 0.850. The highest BCUT2D eigenvalue weighted by Gasteiger charge is 2.21. The molecule has 0 saturated carbocycles. The molecule has 0 aromatic heterocycles. The lowest BCUT2D eigenvalue weighted by molar-refractivity contribution is -0.131. The Morgan fingerprint density at radius 3 is 3.05 bits per heavy atom. The molecule has 1 atom stereocenters. The van der Waals surface area contributed by atoms with Gasteiger partial charge in [0.25, 0.3) is 0 Å². The molecule has 1 aliphatic rings. The van der Waals surface area contributed by atoms with Gasteiger partial charge in [-0.2, -0.15) is 5.26 Å². The Morgan fingerprint density at radius 2 is 2.40 bits per heavy atom. The zero-order chi connectivity index (χ0) is 14.5. The summed E-state index contributed by atoms with van der Waals surface area (Å²) in [5, 5.41) is 17.5. The van der Waals surface area contributed by atoms with Crippen LogP contribution in [0.5, 0.6) is 0 Å². The van der Waals surface area contributed by atoms with E-state index in [9.17, 15) is 4.79 Å². The molecule has 1 unspecified atom stereocenters. The topological polar surface area (TPSA) is 73.6 Å². The number of carbonyl (C=O) groups is 1. The van der Waals surface area contributed by atoms with Gasteiger partial charge in [0, 0.05) is 18.3 Å². The lowest BCUT2D eigenvalue weighted by atomic mass is 10.1. The summed E-state index contributed by atoms with van der Waals surface area (Å²) in [6.45, 7) is 3.83. The van der Waals surface area contributed by atoms with Crippen molar-refractivity contribution in [1.29, 1.82) is 5.26 Å². The standard InChI is InChI=1S/C15H16N2O3/c1-11-8-12(3-5-15(18)19)2-4-14(11)17-6-7-20-13(9-16)10-17/h2-5,8,13H,6-7,10H2,1H3,(H,18,19). The third-order valence-corrected chi connectivity index (χ3v) is 3.19. The predicted octanol–water partition coefficient (Wildman–Crippen LogP) is 1.82. The van der Waals surface area contributed by atoms with Gasteiger partial charge in [0.15, 0.2) is 6.10 Å². The van der Waals surface area contributed by atoms with Crippen LogP contribution in [-0.4, -0.2) is 36.9 Å². The molecule has 1 fully saturated rings. The van der Waals surface area contributed by atoms with E-state index in [0.29, 0.717) is 13.2 Å². The maximum Gasteiger partial charge on any atom is 0.328 e. The fourth-order valence-electron chi connectivity index (χ4n) is 2.25. The summed E-state index contributed by atoms with van der Waals surface area (Å²) in [5.41, 5.74) is 2.95. The zero-order valence-corrected chi connectivity index (χ0v) is 11.2. The molecule has 0 amide bonds. The highest BCUT2D eigenvalue weighted by Crippen LogP contribution is 2.24. The van der Waals surface area contributed by atoms with Crippen LogP contribution in [-0.2, 0) is 9.53 Å². The molecule has 0 aliphatic carbocycles. The van der Waals surface area contributed by atoms with Crippen LogP contribution in [0.2, 0.25) is 0 Å². The maximum absolute atomic E-state index is 10.5. The summed E-state index contributed by atoms with van der Waals surface area (Å²) < 4.78 is 5.33. The third-order valence-electron chi connectivity index (χ3n) is 3.19. The van der Waals surface area contributed by atoms with Crippen molar-refractivity contribution < 1.29 is 14.6 Å². The van der Waals surface area contributed by atoms with Gasteiger partial charge < -0.3 is 14.7 Å². The lowest BCUT2D eigenvalue weighted by Crippen LogP contribution is -2.42. The Balaban J connectivity index is 2.17. The van der Waals surface area contributed by atoms with E-state index in [-0.39, 0.29) is 0 Å². The van der Waals surface area contributed by atoms with E-state index in [1.165, 1.54) is 0 Å². The Labute approximate surface area is 117 Å². The van der Waals surface area contributed by atoms with Crippen LogP contribution in [0.1, 0.15) is 11.1 Å². The number of morpholine rings is 1. The molecule has 0 radical (unpaired) electrons. The molecule has 2 rings (SSSR count). The average molecular weight is 272 g/mol. The fourth-order valence-corrected chi connectivity index (χ4v) is 2.25. The largest absolute Gasteiger partial charge is 0.478 e. The van der Waals surface area contributed by atoms with E-state index in [2.05, 4.69) is 11.0 Å². The minimum absolute atomic E-state index is 0.394. The van der Waals surface area contributed by atoms with Gasteiger partial charge in [0.2, 0.25) is 0 Å². The zero-order valence-electron chi connectivity index (χ0n) is 11.2. The molecule has 5 nitrogen and oxygen atoms in total. The van der Waals surface area contributed by atoms with E-state index >= 15 is 0 Å². The van der Waals surface area contributed by atoms with Crippen LogP contribution < -0.4 is 4.90 Å². The summed E-state index contributed by atoms with van der Waals surface area (Å²) in [5.74, 6) is -0.961. The van der Waals surface area contributed by atoms with Crippen molar-refractivity contribution in [3.05, 3.63) is 35.4 Å². The Bertz CT molecular complexity index is 575. The molecule has 20 heavy (non-hydrogen) atoms. The number of aryl methyl sites for hydroxylation is 1. The van der Waals surface area contributed by atoms with Crippen molar-refractivity contribution in [2.24, 2.45) is 0 Å². The van der Waals surface area contributed by atoms with E-state index < -0.39 is 12.1 Å². The molecule has 1 saturated heterocycles. The van der Waals surface area contributed by atoms with Gasteiger partial charge >= 0.3 is 5.97 Å². The Morgan fingerprint density at radius 1 is 1.60 bits per heavy atom. The molecule has 104 valence electrons. The molecule has 5 heteroatoms. The number of aliphatic carboxylic acids is 1. The van der Waals surface area contributed by atoms with Gasteiger partial charge in [-0.15, -0.1) is 0 Å². The molecule has 1 aromatic rings. The highest BCUT2D eigenvalue weighted by atomic mass is 16.5. The molecule has 1 aliphatic heterocycles. The first kappa shape index (κ1) is 14.1. The lowest BCUT2D eigenvalue weighted by Gasteiger charge is -2.32. The molecule has 0 bridgehead atoms. The summed E-state index contributed by atoms with van der Waals surface area (Å²) >= 11 is 0. The fraction of sp³-hybridized carbons (Fsp3) is 0.333. The number of benzene rings is 1. The second-order valence-electron chi connectivity index (χ2n) is 4.65. The van der Waals surface area contributed by atoms with E-state index in [0.717, 1.165) is 29.4 Å². The Hall–Kier alpha value is -2.32. The first-order chi connectivity index (χ1) is 9.60. The Kier molecular flexibility index (Phi) is 4.38. The van der Waals surface area contributed by atoms with Gasteiger partial charge in [-0.1, -0.05) is 6.07 Å². The monoisotopic (exact) mass is 272 g/mol. The number of nitrogens with zero attached hydrogens (tertiary/aromatic N) is 2. The van der Waals surface area contributed by atoms with Crippen molar-refractivity contribution in [1.82, 2.24) is 0 Å². The third kappa shape index (κ3) is 3.37. The number of carboxylic acids is 1. The van der Waals surface area contributed by atoms with Crippen molar-refractivity contribution in [3.8, 4) is 6.07 Å². The number of carboxylic acid groups (broad SMARTS) is 1. The molecule has 1 N–H and O–H groups in total. The van der Waals surface area contributed by atoms with Gasteiger partial charge in [-0.25, -0.2) is 4.79 Å². The van der Waals surface area contributed by atoms with Crippen molar-refractivity contribution in [2.75, 3.05) is 24.6 Å². The van der Waals surface area contributed by atoms with Gasteiger partial charge in [-0.3, -0.25) is 0 Å². The first-order valence-corrected chi connectivity index (χ1v) is 6.38. The predicted molar refractivity (Wildman–Crippen MR) is 75.4 cm³/mol. The van der Waals surface area contributed by atoms with E-state index in [4.69, 9.17) is 15.1 Å². The first-order valence-electron chi connectivity index (χ1n) is 6.38. The molecular formula is C15H16N2O3. The van der Waals surface area contributed by atoms with Gasteiger partial charge in [0.05, 0.1) is 19.2 Å². The molecule has 0 spiro atoms. The summed E-state index contributed by atoms with van der Waals surface area (Å²) in [6, 6.07) is 7.89. The van der Waals surface area contributed by atoms with Crippen LogP contribution in [0.3, 0.4) is 0 Å². The normalized spacial score (nSPS) is 19.0. The van der Waals surface area contributed by atoms with Crippen LogP contribution in [0.4, 0.5) is 5.69 Å². The van der Waals surface area contributed by atoms with Crippen molar-refractivity contribution >= 4 is 17.7 Å². The van der Waals surface area contributed by atoms with E-state index in [1.807, 2.05) is 25.1 Å². The highest BCUT2D eigenvalue weighted by molar-refractivity contribution is 5.85. The number of rotatable bonds is 3. The minimum atomic E-state index is -0.961. The molecule has 1 heterocycles. The second kappa shape index (κ2) is 6.22.